The van der Waals surface area contributed by atoms with Crippen LogP contribution in [0.1, 0.15) is 59.5 Å². The third-order valence-corrected chi connectivity index (χ3v) is 8.08. The van der Waals surface area contributed by atoms with Gasteiger partial charge in [-0.3, -0.25) is 14.5 Å². The SMILES string of the molecule is CCC(=O)C1CCN(C(=O)c2ccc(-n3nnnc3C3c4c(cc5c(c4OC)OCO5)CCN3C)cc2)CC1. The van der Waals surface area contributed by atoms with Crippen molar-refractivity contribution in [3.63, 3.8) is 0 Å². The van der Waals surface area contributed by atoms with Gasteiger partial charge in [-0.1, -0.05) is 6.92 Å². The number of benzene rings is 2. The summed E-state index contributed by atoms with van der Waals surface area (Å²) in [5.41, 5.74) is 3.42. The topological polar surface area (TPSA) is 112 Å². The fourth-order valence-corrected chi connectivity index (χ4v) is 5.93. The molecule has 0 radical (unpaired) electrons. The van der Waals surface area contributed by atoms with Crippen molar-refractivity contribution in [1.29, 1.82) is 0 Å². The van der Waals surface area contributed by atoms with Crippen LogP contribution in [0.2, 0.25) is 0 Å². The quantitative estimate of drug-likeness (QED) is 0.473. The van der Waals surface area contributed by atoms with Crippen molar-refractivity contribution in [3.05, 3.63) is 52.8 Å². The summed E-state index contributed by atoms with van der Waals surface area (Å²) in [7, 11) is 3.67. The Balaban J connectivity index is 1.27. The monoisotopic (exact) mass is 532 g/mol. The largest absolute Gasteiger partial charge is 0.492 e. The third kappa shape index (κ3) is 4.40. The smallest absolute Gasteiger partial charge is 0.253 e. The Kier molecular flexibility index (Phi) is 6.68. The predicted molar refractivity (Wildman–Crippen MR) is 140 cm³/mol. The van der Waals surface area contributed by atoms with Gasteiger partial charge in [-0.05, 0) is 72.6 Å². The summed E-state index contributed by atoms with van der Waals surface area (Å²) >= 11 is 0. The number of likely N-dealkylation sites (tertiary alicyclic amines) is 1. The highest BCUT2D eigenvalue weighted by atomic mass is 16.7. The van der Waals surface area contributed by atoms with Crippen LogP contribution in [0.4, 0.5) is 0 Å². The van der Waals surface area contributed by atoms with Crippen molar-refractivity contribution in [1.82, 2.24) is 30.0 Å². The van der Waals surface area contributed by atoms with Crippen molar-refractivity contribution >= 4 is 11.7 Å². The number of fused-ring (bicyclic) bond motifs is 2. The van der Waals surface area contributed by atoms with Gasteiger partial charge in [-0.2, -0.15) is 4.68 Å². The summed E-state index contributed by atoms with van der Waals surface area (Å²) in [6, 6.07) is 9.09. The third-order valence-electron chi connectivity index (χ3n) is 8.08. The van der Waals surface area contributed by atoms with E-state index in [1.54, 1.807) is 11.8 Å². The summed E-state index contributed by atoms with van der Waals surface area (Å²) in [6.07, 6.45) is 2.84. The van der Waals surface area contributed by atoms with Crippen LogP contribution >= 0.6 is 0 Å². The zero-order valence-corrected chi connectivity index (χ0v) is 22.4. The summed E-state index contributed by atoms with van der Waals surface area (Å²) in [5, 5.41) is 12.7. The minimum atomic E-state index is -0.276. The van der Waals surface area contributed by atoms with E-state index in [4.69, 9.17) is 14.2 Å². The van der Waals surface area contributed by atoms with Crippen molar-refractivity contribution < 1.29 is 23.8 Å². The van der Waals surface area contributed by atoms with Crippen LogP contribution in [-0.2, 0) is 11.2 Å². The number of ether oxygens (including phenoxy) is 3. The van der Waals surface area contributed by atoms with Gasteiger partial charge in [0.25, 0.3) is 5.91 Å². The number of carbonyl (C=O) groups excluding carboxylic acids is 2. The molecule has 0 bridgehead atoms. The van der Waals surface area contributed by atoms with Crippen molar-refractivity contribution in [2.75, 3.05) is 40.6 Å². The first kappa shape index (κ1) is 25.3. The molecule has 4 heterocycles. The van der Waals surface area contributed by atoms with Crippen LogP contribution in [0.25, 0.3) is 5.69 Å². The van der Waals surface area contributed by atoms with Gasteiger partial charge in [-0.25, -0.2) is 0 Å². The van der Waals surface area contributed by atoms with Crippen LogP contribution < -0.4 is 14.2 Å². The standard InChI is InChI=1S/C28H32N6O5/c1-4-21(35)17-10-13-33(14-11-17)28(36)18-5-7-20(8-6-18)34-27(29-30-31-34)24-23-19(9-12-32(24)2)15-22-25(26(23)37-3)39-16-38-22/h5-8,15,17,24H,4,9-14,16H2,1-3H3. The Hall–Kier alpha value is -3.99. The zero-order valence-electron chi connectivity index (χ0n) is 22.4. The molecule has 11 heteroatoms. The highest BCUT2D eigenvalue weighted by Gasteiger charge is 2.38. The van der Waals surface area contributed by atoms with E-state index in [1.165, 1.54) is 0 Å². The molecule has 6 rings (SSSR count). The molecule has 3 aliphatic rings. The Morgan fingerprint density at radius 3 is 2.59 bits per heavy atom. The average molecular weight is 533 g/mol. The molecule has 0 spiro atoms. The van der Waals surface area contributed by atoms with E-state index in [9.17, 15) is 9.59 Å². The molecular weight excluding hydrogens is 500 g/mol. The molecule has 1 atom stereocenters. The van der Waals surface area contributed by atoms with E-state index in [1.807, 2.05) is 49.2 Å². The number of amides is 1. The first-order valence-electron chi connectivity index (χ1n) is 13.4. The number of hydrogen-bond donors (Lipinski definition) is 0. The van der Waals surface area contributed by atoms with Gasteiger partial charge in [0.05, 0.1) is 12.8 Å². The minimum Gasteiger partial charge on any atom is -0.492 e. The van der Waals surface area contributed by atoms with Crippen LogP contribution in [-0.4, -0.2) is 82.3 Å². The minimum absolute atomic E-state index is 0.0253. The van der Waals surface area contributed by atoms with E-state index in [0.29, 0.717) is 48.1 Å². The van der Waals surface area contributed by atoms with Crippen LogP contribution in [0.3, 0.4) is 0 Å². The number of methoxy groups -OCH3 is 1. The molecule has 2 aromatic carbocycles. The van der Waals surface area contributed by atoms with Crippen molar-refractivity contribution in [2.24, 2.45) is 5.92 Å². The number of likely N-dealkylation sites (N-methyl/N-ethyl adjacent to an activating group) is 1. The first-order valence-corrected chi connectivity index (χ1v) is 13.4. The second-order valence-corrected chi connectivity index (χ2v) is 10.2. The Morgan fingerprint density at radius 1 is 1.10 bits per heavy atom. The Bertz CT molecular complexity index is 1400. The van der Waals surface area contributed by atoms with Gasteiger partial charge >= 0.3 is 0 Å². The fourth-order valence-electron chi connectivity index (χ4n) is 5.93. The van der Waals surface area contributed by atoms with Gasteiger partial charge in [0.1, 0.15) is 11.8 Å². The molecule has 1 unspecified atom stereocenters. The molecule has 39 heavy (non-hydrogen) atoms. The number of nitrogens with zero attached hydrogens (tertiary/aromatic N) is 6. The molecule has 1 amide bonds. The zero-order chi connectivity index (χ0) is 27.1. The lowest BCUT2D eigenvalue weighted by Crippen LogP contribution is -2.40. The number of rotatable bonds is 6. The summed E-state index contributed by atoms with van der Waals surface area (Å²) in [5.74, 6) is 2.90. The molecule has 0 saturated carbocycles. The highest BCUT2D eigenvalue weighted by molar-refractivity contribution is 5.94. The summed E-state index contributed by atoms with van der Waals surface area (Å²) in [6.45, 7) is 4.06. The maximum atomic E-state index is 13.2. The number of ketones is 1. The van der Waals surface area contributed by atoms with Crippen molar-refractivity contribution in [3.8, 4) is 22.9 Å². The highest BCUT2D eigenvalue weighted by Crippen LogP contribution is 2.50. The second kappa shape index (κ2) is 10.3. The molecule has 204 valence electrons. The molecule has 1 fully saturated rings. The molecule has 1 saturated heterocycles. The van der Waals surface area contributed by atoms with Crippen LogP contribution in [0.15, 0.2) is 30.3 Å². The molecule has 0 aliphatic carbocycles. The number of aromatic nitrogens is 4. The number of carbonyl (C=O) groups is 2. The molecule has 3 aromatic rings. The van der Waals surface area contributed by atoms with E-state index >= 15 is 0 Å². The molecule has 0 N–H and O–H groups in total. The van der Waals surface area contributed by atoms with E-state index in [0.717, 1.165) is 42.6 Å². The van der Waals surface area contributed by atoms with Gasteiger partial charge in [0.2, 0.25) is 12.5 Å². The maximum Gasteiger partial charge on any atom is 0.253 e. The Labute approximate surface area is 226 Å². The summed E-state index contributed by atoms with van der Waals surface area (Å²) < 4.78 is 18.9. The van der Waals surface area contributed by atoms with Gasteiger partial charge < -0.3 is 19.1 Å². The molecule has 3 aliphatic heterocycles. The number of tetrazole rings is 1. The lowest BCUT2D eigenvalue weighted by Gasteiger charge is -2.34. The number of Topliss-reactive ketones (excluding diaryl/α,β-unsaturated/α-hetero) is 1. The fraction of sp³-hybridized carbons (Fsp3) is 0.464. The second-order valence-electron chi connectivity index (χ2n) is 10.2. The molecule has 11 nitrogen and oxygen atoms in total. The number of piperidine rings is 1. The van der Waals surface area contributed by atoms with E-state index in [2.05, 4.69) is 20.4 Å². The maximum absolute atomic E-state index is 13.2. The average Bonchev–Trinajstić information content (AvgIpc) is 3.65. The van der Waals surface area contributed by atoms with E-state index < -0.39 is 0 Å². The molecular formula is C28H32N6O5. The normalized spacial score (nSPS) is 19.2. The van der Waals surface area contributed by atoms with Gasteiger partial charge in [0.15, 0.2) is 17.3 Å². The van der Waals surface area contributed by atoms with Gasteiger partial charge in [0, 0.05) is 43.1 Å². The van der Waals surface area contributed by atoms with Crippen molar-refractivity contribution in [2.45, 2.75) is 38.6 Å². The predicted octanol–water partition coefficient (Wildman–Crippen LogP) is 2.81. The lowest BCUT2D eigenvalue weighted by atomic mass is 9.90. The lowest BCUT2D eigenvalue weighted by molar-refractivity contribution is -0.123. The first-order chi connectivity index (χ1) is 19.0. The molecule has 1 aromatic heterocycles. The van der Waals surface area contributed by atoms with Crippen LogP contribution in [0, 0.1) is 5.92 Å². The number of hydrogen-bond acceptors (Lipinski definition) is 9. The van der Waals surface area contributed by atoms with Crippen LogP contribution in [0.5, 0.6) is 17.2 Å². The Morgan fingerprint density at radius 2 is 1.87 bits per heavy atom. The van der Waals surface area contributed by atoms with Gasteiger partial charge in [-0.15, -0.1) is 5.10 Å². The van der Waals surface area contributed by atoms with E-state index in [-0.39, 0.29) is 30.4 Å². The summed E-state index contributed by atoms with van der Waals surface area (Å²) in [4.78, 5) is 29.2.